The molecule has 7 nitrogen and oxygen atoms in total. The van der Waals surface area contributed by atoms with Crippen molar-refractivity contribution in [3.05, 3.63) is 47.4 Å². The standard InChI is InChI=1S/C23H26N6O/c30-23-22-21(25-13-26-23)18(12-28(22)17-8-9-24-11-17)15-6-7-20-19(10-15)27-14-29(20)16-4-2-1-3-5-16/h6-7,10,12-14,16-17,24H,1-5,8-9,11H2,(H,25,26,30). The lowest BCUT2D eigenvalue weighted by Gasteiger charge is -2.23. The summed E-state index contributed by atoms with van der Waals surface area (Å²) < 4.78 is 4.47. The van der Waals surface area contributed by atoms with E-state index in [9.17, 15) is 4.79 Å². The quantitative estimate of drug-likeness (QED) is 0.546. The lowest BCUT2D eigenvalue weighted by atomic mass is 9.95. The number of fused-ring (bicyclic) bond motifs is 2. The zero-order valence-electron chi connectivity index (χ0n) is 17.0. The summed E-state index contributed by atoms with van der Waals surface area (Å²) in [4.78, 5) is 24.7. The summed E-state index contributed by atoms with van der Waals surface area (Å²) >= 11 is 0. The van der Waals surface area contributed by atoms with Gasteiger partial charge in [-0.25, -0.2) is 9.97 Å². The van der Waals surface area contributed by atoms with Gasteiger partial charge in [-0.3, -0.25) is 4.79 Å². The molecule has 2 N–H and O–H groups in total. The van der Waals surface area contributed by atoms with Crippen LogP contribution in [0.2, 0.25) is 0 Å². The van der Waals surface area contributed by atoms with Crippen LogP contribution in [0.4, 0.5) is 0 Å². The van der Waals surface area contributed by atoms with Crippen LogP contribution in [0.25, 0.3) is 33.2 Å². The van der Waals surface area contributed by atoms with Gasteiger partial charge < -0.3 is 19.4 Å². The number of hydrogen-bond donors (Lipinski definition) is 2. The van der Waals surface area contributed by atoms with Crippen molar-refractivity contribution in [2.75, 3.05) is 13.1 Å². The predicted octanol–water partition coefficient (Wildman–Crippen LogP) is 3.78. The van der Waals surface area contributed by atoms with Crippen LogP contribution in [0, 0.1) is 0 Å². The van der Waals surface area contributed by atoms with Gasteiger partial charge >= 0.3 is 0 Å². The number of hydrogen-bond acceptors (Lipinski definition) is 4. The number of imidazole rings is 1. The Morgan fingerprint density at radius 2 is 1.90 bits per heavy atom. The molecule has 0 bridgehead atoms. The molecule has 1 atom stereocenters. The third-order valence-electron chi connectivity index (χ3n) is 6.89. The van der Waals surface area contributed by atoms with E-state index in [0.29, 0.717) is 11.6 Å². The van der Waals surface area contributed by atoms with E-state index < -0.39 is 0 Å². The van der Waals surface area contributed by atoms with Gasteiger partial charge in [0, 0.05) is 30.4 Å². The molecule has 7 heteroatoms. The van der Waals surface area contributed by atoms with E-state index in [1.165, 1.54) is 43.9 Å². The highest BCUT2D eigenvalue weighted by Gasteiger charge is 2.23. The molecule has 4 aromatic rings. The smallest absolute Gasteiger partial charge is 0.275 e. The van der Waals surface area contributed by atoms with Crippen molar-refractivity contribution in [3.63, 3.8) is 0 Å². The summed E-state index contributed by atoms with van der Waals surface area (Å²) in [5.41, 5.74) is 5.60. The Morgan fingerprint density at radius 3 is 2.73 bits per heavy atom. The number of aromatic nitrogens is 5. The van der Waals surface area contributed by atoms with Gasteiger partial charge in [0.15, 0.2) is 0 Å². The third-order valence-corrected chi connectivity index (χ3v) is 6.89. The van der Waals surface area contributed by atoms with E-state index >= 15 is 0 Å². The van der Waals surface area contributed by atoms with Crippen LogP contribution < -0.4 is 10.9 Å². The number of H-pyrrole nitrogens is 1. The maximum Gasteiger partial charge on any atom is 0.275 e. The largest absolute Gasteiger partial charge is 0.337 e. The highest BCUT2D eigenvalue weighted by atomic mass is 16.1. The van der Waals surface area contributed by atoms with Crippen LogP contribution in [0.3, 0.4) is 0 Å². The fraction of sp³-hybridized carbons (Fsp3) is 0.435. The molecule has 1 saturated heterocycles. The van der Waals surface area contributed by atoms with Crippen molar-refractivity contribution in [1.82, 2.24) is 29.4 Å². The van der Waals surface area contributed by atoms with Gasteiger partial charge in [0.2, 0.25) is 0 Å². The summed E-state index contributed by atoms with van der Waals surface area (Å²) in [6, 6.07) is 7.31. The first-order valence-corrected chi connectivity index (χ1v) is 11.1. The van der Waals surface area contributed by atoms with Crippen LogP contribution in [0.1, 0.15) is 50.6 Å². The molecule has 0 amide bonds. The van der Waals surface area contributed by atoms with Gasteiger partial charge in [0.05, 0.1) is 23.7 Å². The molecule has 4 heterocycles. The minimum absolute atomic E-state index is 0.0826. The second-order valence-corrected chi connectivity index (χ2v) is 8.67. The molecule has 1 aliphatic carbocycles. The summed E-state index contributed by atoms with van der Waals surface area (Å²) in [7, 11) is 0. The third kappa shape index (κ3) is 2.80. The maximum absolute atomic E-state index is 12.6. The van der Waals surface area contributed by atoms with Crippen molar-refractivity contribution in [2.45, 2.75) is 50.6 Å². The van der Waals surface area contributed by atoms with Gasteiger partial charge in [-0.05, 0) is 43.5 Å². The first kappa shape index (κ1) is 17.9. The fourth-order valence-corrected chi connectivity index (χ4v) is 5.32. The van der Waals surface area contributed by atoms with Crippen molar-refractivity contribution in [1.29, 1.82) is 0 Å². The SMILES string of the molecule is O=c1[nH]cnc2c(-c3ccc4c(c3)ncn4C3CCCCC3)cn(C3CCNC3)c12. The molecule has 2 fully saturated rings. The number of rotatable bonds is 3. The highest BCUT2D eigenvalue weighted by Crippen LogP contribution is 2.35. The molecule has 1 aliphatic heterocycles. The average Bonchev–Trinajstić information content (AvgIpc) is 3.52. The number of nitrogens with one attached hydrogen (secondary N) is 2. The Bertz CT molecular complexity index is 1270. The Morgan fingerprint density at radius 1 is 1.00 bits per heavy atom. The van der Waals surface area contributed by atoms with Gasteiger partial charge in [-0.2, -0.15) is 0 Å². The molecule has 3 aromatic heterocycles. The first-order valence-electron chi connectivity index (χ1n) is 11.1. The van der Waals surface area contributed by atoms with Crippen molar-refractivity contribution in [2.24, 2.45) is 0 Å². The van der Waals surface area contributed by atoms with E-state index in [1.54, 1.807) is 0 Å². The van der Waals surface area contributed by atoms with E-state index in [0.717, 1.165) is 41.7 Å². The Hall–Kier alpha value is -2.93. The Kier molecular flexibility index (Phi) is 4.23. The van der Waals surface area contributed by atoms with Gasteiger partial charge in [-0.15, -0.1) is 0 Å². The Balaban J connectivity index is 1.47. The summed E-state index contributed by atoms with van der Waals surface area (Å²) in [5.74, 6) is 0. The van der Waals surface area contributed by atoms with Crippen molar-refractivity contribution in [3.8, 4) is 11.1 Å². The zero-order valence-corrected chi connectivity index (χ0v) is 17.0. The van der Waals surface area contributed by atoms with Gasteiger partial charge in [0.25, 0.3) is 5.56 Å². The van der Waals surface area contributed by atoms with E-state index in [4.69, 9.17) is 4.98 Å². The van der Waals surface area contributed by atoms with Crippen LogP contribution >= 0.6 is 0 Å². The lowest BCUT2D eigenvalue weighted by molar-refractivity contribution is 0.359. The van der Waals surface area contributed by atoms with Gasteiger partial charge in [-0.1, -0.05) is 25.3 Å². The number of aromatic amines is 1. The highest BCUT2D eigenvalue weighted by molar-refractivity contribution is 5.95. The molecule has 154 valence electrons. The van der Waals surface area contributed by atoms with Crippen LogP contribution in [-0.4, -0.2) is 37.2 Å². The lowest BCUT2D eigenvalue weighted by Crippen LogP contribution is -2.17. The Labute approximate surface area is 174 Å². The topological polar surface area (TPSA) is 80.5 Å². The summed E-state index contributed by atoms with van der Waals surface area (Å²) in [6.45, 7) is 1.85. The molecule has 0 spiro atoms. The van der Waals surface area contributed by atoms with E-state index in [2.05, 4.69) is 48.8 Å². The monoisotopic (exact) mass is 402 g/mol. The molecular weight excluding hydrogens is 376 g/mol. The number of nitrogens with zero attached hydrogens (tertiary/aromatic N) is 4. The summed E-state index contributed by atoms with van der Waals surface area (Å²) in [6.07, 6.45) is 13.1. The van der Waals surface area contributed by atoms with E-state index in [-0.39, 0.29) is 11.6 Å². The molecule has 1 saturated carbocycles. The zero-order chi connectivity index (χ0) is 20.1. The molecule has 30 heavy (non-hydrogen) atoms. The van der Waals surface area contributed by atoms with Gasteiger partial charge in [0.1, 0.15) is 11.0 Å². The van der Waals surface area contributed by atoms with Crippen LogP contribution in [0.5, 0.6) is 0 Å². The van der Waals surface area contributed by atoms with E-state index in [1.807, 2.05) is 6.33 Å². The minimum atomic E-state index is -0.0826. The molecule has 6 rings (SSSR count). The second-order valence-electron chi connectivity index (χ2n) is 8.67. The van der Waals surface area contributed by atoms with Crippen LogP contribution in [-0.2, 0) is 0 Å². The maximum atomic E-state index is 12.6. The fourth-order valence-electron chi connectivity index (χ4n) is 5.32. The normalized spacial score (nSPS) is 20.5. The first-order chi connectivity index (χ1) is 14.8. The predicted molar refractivity (Wildman–Crippen MR) is 118 cm³/mol. The van der Waals surface area contributed by atoms with Crippen LogP contribution in [0.15, 0.2) is 41.8 Å². The number of benzene rings is 1. The molecular formula is C23H26N6O. The molecule has 0 radical (unpaired) electrons. The van der Waals surface area contributed by atoms with Crippen molar-refractivity contribution >= 4 is 22.1 Å². The molecule has 2 aliphatic rings. The molecule has 1 unspecified atom stereocenters. The minimum Gasteiger partial charge on any atom is -0.337 e. The van der Waals surface area contributed by atoms with Crippen molar-refractivity contribution < 1.29 is 0 Å². The molecule has 1 aromatic carbocycles. The average molecular weight is 403 g/mol. The summed E-state index contributed by atoms with van der Waals surface area (Å²) in [5, 5.41) is 3.40. The second kappa shape index (κ2) is 7.09.